The molecule has 0 saturated heterocycles. The zero-order valence-corrected chi connectivity index (χ0v) is 15.8. The third kappa shape index (κ3) is 3.91. The van der Waals surface area contributed by atoms with E-state index in [1.165, 1.54) is 0 Å². The Morgan fingerprint density at radius 2 is 1.90 bits per heavy atom. The summed E-state index contributed by atoms with van der Waals surface area (Å²) < 4.78 is 44.3. The van der Waals surface area contributed by atoms with E-state index in [0.29, 0.717) is 17.0 Å². The van der Waals surface area contributed by atoms with E-state index in [0.717, 1.165) is 16.2 Å². The van der Waals surface area contributed by atoms with Crippen LogP contribution in [0.3, 0.4) is 0 Å². The lowest BCUT2D eigenvalue weighted by molar-refractivity contribution is -0.517. The number of alkyl halides is 3. The number of hydrogen-bond donors (Lipinski definition) is 2. The number of nitrogens with two attached hydrogens (primary N) is 1. The van der Waals surface area contributed by atoms with Crippen molar-refractivity contribution < 1.29 is 27.1 Å². The third-order valence-corrected chi connectivity index (χ3v) is 4.18. The molecular weight excluding hydrogens is 393 g/mol. The Balaban J connectivity index is 2.35. The topological polar surface area (TPSA) is 120 Å². The van der Waals surface area contributed by atoms with Crippen molar-refractivity contribution in [1.29, 1.82) is 0 Å². The summed E-state index contributed by atoms with van der Waals surface area (Å²) in [6.07, 6.45) is -5.68. The van der Waals surface area contributed by atoms with Crippen molar-refractivity contribution in [3.05, 3.63) is 39.7 Å². The van der Waals surface area contributed by atoms with Crippen LogP contribution in [0.1, 0.15) is 28.3 Å². The predicted molar refractivity (Wildman–Crippen MR) is 95.1 cm³/mol. The van der Waals surface area contributed by atoms with Gasteiger partial charge < -0.3 is 10.5 Å². The highest BCUT2D eigenvalue weighted by Gasteiger charge is 2.31. The maximum absolute atomic E-state index is 12.6. The molecule has 3 aromatic rings. The number of nitrogens with one attached hydrogen (secondary N) is 1. The highest BCUT2D eigenvalue weighted by Crippen LogP contribution is 2.27. The Hall–Kier alpha value is -3.44. The smallest absolute Gasteiger partial charge is 0.428 e. The van der Waals surface area contributed by atoms with Crippen LogP contribution in [0.2, 0.25) is 0 Å². The van der Waals surface area contributed by atoms with Crippen molar-refractivity contribution >= 4 is 17.6 Å². The first-order chi connectivity index (χ1) is 13.5. The number of halogens is 3. The molecule has 0 aliphatic rings. The van der Waals surface area contributed by atoms with Crippen LogP contribution in [0.5, 0.6) is 0 Å². The molecule has 3 rings (SSSR count). The number of anilines is 1. The lowest BCUT2D eigenvalue weighted by Gasteiger charge is -2.08. The van der Waals surface area contributed by atoms with Gasteiger partial charge in [-0.2, -0.15) is 17.9 Å². The van der Waals surface area contributed by atoms with Crippen LogP contribution in [0.25, 0.3) is 16.8 Å². The number of carbonyl (C=O) groups is 1. The quantitative estimate of drug-likeness (QED) is 0.493. The van der Waals surface area contributed by atoms with Crippen LogP contribution >= 0.6 is 0 Å². The number of pyridine rings is 1. The number of nitrogens with zero attached hydrogens (tertiary/aromatic N) is 4. The number of nitrogen functional groups attached to an aromatic ring is 1. The Morgan fingerprint density at radius 3 is 2.45 bits per heavy atom. The van der Waals surface area contributed by atoms with Crippen molar-refractivity contribution in [2.45, 2.75) is 33.0 Å². The fourth-order valence-corrected chi connectivity index (χ4v) is 3.04. The number of ether oxygens (including phenoxy) is 1. The maximum atomic E-state index is 12.6. The molecule has 0 aliphatic carbocycles. The normalized spacial score (nSPS) is 11.8. The van der Waals surface area contributed by atoms with E-state index in [-0.39, 0.29) is 22.9 Å². The molecule has 3 aromatic heterocycles. The average molecular weight is 411 g/mol. The first-order valence-corrected chi connectivity index (χ1v) is 8.46. The maximum Gasteiger partial charge on any atom is 0.428 e. The van der Waals surface area contributed by atoms with Crippen LogP contribution in [0.15, 0.2) is 16.9 Å². The summed E-state index contributed by atoms with van der Waals surface area (Å²) in [4.78, 5) is 33.2. The van der Waals surface area contributed by atoms with Gasteiger partial charge in [0.15, 0.2) is 0 Å². The molecule has 0 atom stereocenters. The Labute approximate surface area is 161 Å². The first kappa shape index (κ1) is 20.3. The number of esters is 1. The van der Waals surface area contributed by atoms with Crippen LogP contribution in [0, 0.1) is 13.8 Å². The predicted octanol–water partition coefficient (Wildman–Crippen LogP) is 1.31. The van der Waals surface area contributed by atoms with Gasteiger partial charge in [0, 0.05) is 11.4 Å². The van der Waals surface area contributed by atoms with Gasteiger partial charge in [-0.05, 0) is 31.5 Å². The second-order valence-electron chi connectivity index (χ2n) is 6.42. The molecule has 0 saturated carbocycles. The average Bonchev–Trinajstić information content (AvgIpc) is 2.94. The summed E-state index contributed by atoms with van der Waals surface area (Å²) in [5.74, 6) is -1.18. The van der Waals surface area contributed by atoms with Crippen LogP contribution < -0.4 is 15.8 Å². The fourth-order valence-electron chi connectivity index (χ4n) is 3.04. The van der Waals surface area contributed by atoms with Crippen molar-refractivity contribution in [3.63, 3.8) is 0 Å². The second kappa shape index (κ2) is 7.18. The minimum atomic E-state index is -4.45. The van der Waals surface area contributed by atoms with Gasteiger partial charge in [0.25, 0.3) is 0 Å². The molecule has 3 N–H and O–H groups in total. The number of fused-ring (bicyclic) bond motifs is 1. The highest BCUT2D eigenvalue weighted by molar-refractivity contribution is 5.98. The Bertz CT molecular complexity index is 1150. The summed E-state index contributed by atoms with van der Waals surface area (Å²) in [5.41, 5.74) is 6.74. The Morgan fingerprint density at radius 1 is 1.28 bits per heavy atom. The molecule has 12 heteroatoms. The number of H-pyrrole nitrogens is 1. The number of methoxy groups -OCH3 is 1. The number of hydrogen-bond acceptors (Lipinski definition) is 6. The zero-order chi connectivity index (χ0) is 21.5. The minimum Gasteiger partial charge on any atom is -0.464 e. The molecule has 154 valence electrons. The summed E-state index contributed by atoms with van der Waals surface area (Å²) in [5, 5.41) is 2.62. The third-order valence-electron chi connectivity index (χ3n) is 4.18. The van der Waals surface area contributed by atoms with E-state index in [1.54, 1.807) is 26.0 Å². The van der Waals surface area contributed by atoms with E-state index in [1.807, 2.05) is 0 Å². The summed E-state index contributed by atoms with van der Waals surface area (Å²) in [7, 11) is 1.15. The number of aryl methyl sites for hydroxylation is 3. The van der Waals surface area contributed by atoms with Gasteiger partial charge in [0.1, 0.15) is 0 Å². The molecule has 0 amide bonds. The molecular formula is C17H18F3N6O3+. The van der Waals surface area contributed by atoms with Gasteiger partial charge >= 0.3 is 23.8 Å². The zero-order valence-electron chi connectivity index (χ0n) is 15.8. The molecule has 0 fully saturated rings. The van der Waals surface area contributed by atoms with Gasteiger partial charge in [0.2, 0.25) is 11.3 Å². The summed E-state index contributed by atoms with van der Waals surface area (Å²) in [6, 6.07) is 3.30. The second-order valence-corrected chi connectivity index (χ2v) is 6.42. The fraction of sp³-hybridized carbons (Fsp3) is 0.353. The van der Waals surface area contributed by atoms with Crippen molar-refractivity contribution in [2.75, 3.05) is 12.8 Å². The van der Waals surface area contributed by atoms with E-state index < -0.39 is 30.8 Å². The molecule has 9 nitrogen and oxygen atoms in total. The molecule has 0 aliphatic heterocycles. The SMILES string of the molecule is COC(=O)c1nc(N)[n+]2c(=O)n(CCC(F)(F)F)[nH]c2c1-c1cc(C)nc(C)c1. The first-order valence-electron chi connectivity index (χ1n) is 8.46. The molecule has 3 heterocycles. The monoisotopic (exact) mass is 411 g/mol. The van der Waals surface area contributed by atoms with Crippen LogP contribution in [-0.4, -0.2) is 39.0 Å². The van der Waals surface area contributed by atoms with E-state index in [2.05, 4.69) is 15.1 Å². The van der Waals surface area contributed by atoms with E-state index >= 15 is 0 Å². The number of aromatic amines is 1. The molecule has 0 spiro atoms. The van der Waals surface area contributed by atoms with Gasteiger partial charge in [-0.25, -0.2) is 14.7 Å². The highest BCUT2D eigenvalue weighted by atomic mass is 19.4. The minimum absolute atomic E-state index is 0.0232. The van der Waals surface area contributed by atoms with E-state index in [4.69, 9.17) is 10.5 Å². The molecule has 0 aromatic carbocycles. The number of rotatable bonds is 4. The molecule has 0 radical (unpaired) electrons. The van der Waals surface area contributed by atoms with Gasteiger partial charge in [-0.15, -0.1) is 9.38 Å². The standard InChI is InChI=1S/C17H17F3N6O3/c1-8-6-10(7-9(2)22-8)11-12(14(27)29-3)23-15(21)26-13(11)24-25(16(26)28)5-4-17(18,19)20/h6-7H,4-5H2,1-3H3,(H2,21,22,23,24)/p+1. The van der Waals surface area contributed by atoms with E-state index in [9.17, 15) is 22.8 Å². The number of carbonyl (C=O) groups excluding carboxylic acids is 1. The van der Waals surface area contributed by atoms with Crippen molar-refractivity contribution in [2.24, 2.45) is 0 Å². The van der Waals surface area contributed by atoms with Crippen LogP contribution in [-0.2, 0) is 11.3 Å². The number of aromatic nitrogens is 5. The van der Waals surface area contributed by atoms with Gasteiger partial charge in [-0.3, -0.25) is 4.98 Å². The largest absolute Gasteiger partial charge is 0.464 e. The molecule has 29 heavy (non-hydrogen) atoms. The lowest BCUT2D eigenvalue weighted by Crippen LogP contribution is -2.45. The van der Waals surface area contributed by atoms with Crippen LogP contribution in [0.4, 0.5) is 19.1 Å². The van der Waals surface area contributed by atoms with Crippen molar-refractivity contribution in [1.82, 2.24) is 19.7 Å². The lowest BCUT2D eigenvalue weighted by atomic mass is 10.0. The van der Waals surface area contributed by atoms with Gasteiger partial charge in [0.05, 0.1) is 25.6 Å². The van der Waals surface area contributed by atoms with Crippen molar-refractivity contribution in [3.8, 4) is 11.1 Å². The summed E-state index contributed by atoms with van der Waals surface area (Å²) >= 11 is 0. The molecule has 0 bridgehead atoms. The summed E-state index contributed by atoms with van der Waals surface area (Å²) in [6.45, 7) is 2.83. The molecule has 0 unspecified atom stereocenters. The Kier molecular flexibility index (Phi) is 5.03. The van der Waals surface area contributed by atoms with Gasteiger partial charge in [-0.1, -0.05) is 0 Å².